The highest BCUT2D eigenvalue weighted by atomic mass is 127. The molecule has 0 saturated heterocycles. The zero-order valence-corrected chi connectivity index (χ0v) is 22.6. The number of aryl methyl sites for hydroxylation is 1. The molecule has 0 radical (unpaired) electrons. The van der Waals surface area contributed by atoms with E-state index in [1.165, 1.54) is 43.6 Å². The molecule has 9 heteroatoms. The number of thiazole rings is 1. The number of ether oxygens (including phenoxy) is 1. The predicted molar refractivity (Wildman–Crippen MR) is 137 cm³/mol. The second-order valence-corrected chi connectivity index (χ2v) is 8.42. The van der Waals surface area contributed by atoms with Gasteiger partial charge in [-0.1, -0.05) is 19.3 Å². The Bertz CT molecular complexity index is 637. The fourth-order valence-corrected chi connectivity index (χ4v) is 3.80. The summed E-state index contributed by atoms with van der Waals surface area (Å²) in [5, 5.41) is 7.55. The largest absolute Gasteiger partial charge is 0.462 e. The van der Waals surface area contributed by atoms with Crippen molar-refractivity contribution in [2.45, 2.75) is 65.8 Å². The van der Waals surface area contributed by atoms with E-state index in [9.17, 15) is 4.79 Å². The van der Waals surface area contributed by atoms with Crippen molar-refractivity contribution in [1.29, 1.82) is 0 Å². The van der Waals surface area contributed by atoms with Gasteiger partial charge in [-0.25, -0.2) is 9.78 Å². The Labute approximate surface area is 203 Å². The van der Waals surface area contributed by atoms with Gasteiger partial charge in [0.1, 0.15) is 9.88 Å². The first kappa shape index (κ1) is 29.1. The molecular formula is C21H40IN5O2S. The number of hydrogen-bond acceptors (Lipinski definition) is 6. The lowest BCUT2D eigenvalue weighted by Crippen LogP contribution is -2.38. The minimum atomic E-state index is -0.299. The topological polar surface area (TPSA) is 78.9 Å². The maximum atomic E-state index is 12.0. The molecule has 1 atom stereocenters. The zero-order valence-electron chi connectivity index (χ0n) is 19.4. The van der Waals surface area contributed by atoms with Crippen LogP contribution in [-0.4, -0.2) is 62.1 Å². The molecule has 0 aliphatic heterocycles. The fourth-order valence-electron chi connectivity index (χ4n) is 2.84. The molecule has 174 valence electrons. The van der Waals surface area contributed by atoms with E-state index < -0.39 is 0 Å². The Balaban J connectivity index is 0.00000841. The van der Waals surface area contributed by atoms with Crippen molar-refractivity contribution < 1.29 is 9.53 Å². The number of nitrogens with one attached hydrogen (secondary N) is 2. The molecule has 0 spiro atoms. The molecule has 30 heavy (non-hydrogen) atoms. The van der Waals surface area contributed by atoms with Crippen LogP contribution in [0.25, 0.3) is 0 Å². The lowest BCUT2D eigenvalue weighted by molar-refractivity contribution is 0.0531. The average Bonchev–Trinajstić information content (AvgIpc) is 3.06. The number of carbonyl (C=O) groups excluding carboxylic acids is 1. The number of guanidine groups is 1. The lowest BCUT2D eigenvalue weighted by atomic mass is 10.1. The van der Waals surface area contributed by atoms with E-state index in [4.69, 9.17) is 9.73 Å². The van der Waals surface area contributed by atoms with Gasteiger partial charge in [0.2, 0.25) is 0 Å². The van der Waals surface area contributed by atoms with E-state index in [0.717, 1.165) is 30.5 Å². The van der Waals surface area contributed by atoms with Gasteiger partial charge in [0, 0.05) is 13.1 Å². The third-order valence-electron chi connectivity index (χ3n) is 4.38. The van der Waals surface area contributed by atoms with Crippen LogP contribution in [0.5, 0.6) is 0 Å². The number of carbonyl (C=O) groups is 1. The van der Waals surface area contributed by atoms with Gasteiger partial charge in [-0.05, 0) is 61.2 Å². The summed E-state index contributed by atoms with van der Waals surface area (Å²) >= 11 is 1.38. The molecular weight excluding hydrogens is 513 g/mol. The van der Waals surface area contributed by atoms with E-state index in [-0.39, 0.29) is 36.0 Å². The third-order valence-corrected chi connectivity index (χ3v) is 5.70. The predicted octanol–water partition coefficient (Wildman–Crippen LogP) is 4.37. The molecule has 0 aliphatic rings. The standard InChI is InChI=1S/C21H39N5O2S.HI/c1-7-22-21(23-14-12-10-9-11-13-15-26(5)6)25-17(4)19-24-16(3)18(29-19)20(27)28-8-2;/h17H,7-15H2,1-6H3,(H2,22,23,25);1H. The molecule has 1 aromatic heterocycles. The lowest BCUT2D eigenvalue weighted by Gasteiger charge is -2.16. The molecule has 0 aromatic carbocycles. The molecule has 1 aromatic rings. The van der Waals surface area contributed by atoms with Crippen molar-refractivity contribution in [2.75, 3.05) is 40.3 Å². The monoisotopic (exact) mass is 553 g/mol. The van der Waals surface area contributed by atoms with Gasteiger partial charge in [-0.15, -0.1) is 35.3 Å². The van der Waals surface area contributed by atoms with Gasteiger partial charge < -0.3 is 20.3 Å². The number of aliphatic imine (C=N–C) groups is 1. The Morgan fingerprint density at radius 1 is 1.20 bits per heavy atom. The van der Waals surface area contributed by atoms with Crippen LogP contribution in [-0.2, 0) is 4.74 Å². The van der Waals surface area contributed by atoms with E-state index in [2.05, 4.69) is 41.5 Å². The zero-order chi connectivity index (χ0) is 21.6. The molecule has 0 bridgehead atoms. The molecule has 7 nitrogen and oxygen atoms in total. The third kappa shape index (κ3) is 11.5. The van der Waals surface area contributed by atoms with Crippen molar-refractivity contribution >= 4 is 47.2 Å². The molecule has 0 aliphatic carbocycles. The van der Waals surface area contributed by atoms with Crippen molar-refractivity contribution in [3.63, 3.8) is 0 Å². The summed E-state index contributed by atoms with van der Waals surface area (Å²) in [6.45, 7) is 10.9. The van der Waals surface area contributed by atoms with Gasteiger partial charge in [-0.3, -0.25) is 4.99 Å². The number of rotatable bonds is 13. The van der Waals surface area contributed by atoms with Crippen molar-refractivity contribution in [3.8, 4) is 0 Å². The van der Waals surface area contributed by atoms with Crippen molar-refractivity contribution in [2.24, 2.45) is 4.99 Å². The van der Waals surface area contributed by atoms with Gasteiger partial charge in [0.25, 0.3) is 0 Å². The molecule has 1 rings (SSSR count). The molecule has 1 heterocycles. The van der Waals surface area contributed by atoms with Crippen LogP contribution in [0, 0.1) is 6.92 Å². The highest BCUT2D eigenvalue weighted by Crippen LogP contribution is 2.24. The van der Waals surface area contributed by atoms with E-state index in [1.54, 1.807) is 0 Å². The number of unbranched alkanes of at least 4 members (excludes halogenated alkanes) is 4. The summed E-state index contributed by atoms with van der Waals surface area (Å²) in [6, 6.07) is -0.0364. The van der Waals surface area contributed by atoms with Crippen LogP contribution in [0.1, 0.15) is 79.3 Å². The van der Waals surface area contributed by atoms with Gasteiger partial charge in [-0.2, -0.15) is 0 Å². The van der Waals surface area contributed by atoms with Crippen LogP contribution in [0.4, 0.5) is 0 Å². The Hall–Kier alpha value is -0.940. The van der Waals surface area contributed by atoms with Crippen LogP contribution in [0.3, 0.4) is 0 Å². The molecule has 0 amide bonds. The van der Waals surface area contributed by atoms with Gasteiger partial charge in [0.05, 0.1) is 18.3 Å². The quantitative estimate of drug-likeness (QED) is 0.124. The summed E-state index contributed by atoms with van der Waals surface area (Å²) < 4.78 is 5.11. The highest BCUT2D eigenvalue weighted by molar-refractivity contribution is 14.0. The molecule has 0 saturated carbocycles. The normalized spacial score (nSPS) is 12.4. The SMILES string of the molecule is CCNC(=NCCCCCCCN(C)C)NC(C)c1nc(C)c(C(=O)OCC)s1.I. The van der Waals surface area contributed by atoms with E-state index in [1.807, 2.05) is 20.8 Å². The van der Waals surface area contributed by atoms with Gasteiger partial charge >= 0.3 is 5.97 Å². The van der Waals surface area contributed by atoms with E-state index in [0.29, 0.717) is 17.2 Å². The summed E-state index contributed by atoms with van der Waals surface area (Å²) in [6.07, 6.45) is 6.11. The summed E-state index contributed by atoms with van der Waals surface area (Å²) in [7, 11) is 4.24. The molecule has 0 fully saturated rings. The Morgan fingerprint density at radius 3 is 2.50 bits per heavy atom. The number of esters is 1. The summed E-state index contributed by atoms with van der Waals surface area (Å²) in [4.78, 5) is 24.1. The summed E-state index contributed by atoms with van der Waals surface area (Å²) in [5.41, 5.74) is 0.716. The first-order valence-corrected chi connectivity index (χ1v) is 11.5. The molecule has 2 N–H and O–H groups in total. The molecule has 1 unspecified atom stereocenters. The van der Waals surface area contributed by atoms with E-state index >= 15 is 0 Å². The van der Waals surface area contributed by atoms with Crippen molar-refractivity contribution in [3.05, 3.63) is 15.6 Å². The first-order valence-electron chi connectivity index (χ1n) is 10.7. The van der Waals surface area contributed by atoms with Crippen molar-refractivity contribution in [1.82, 2.24) is 20.5 Å². The number of aromatic nitrogens is 1. The maximum absolute atomic E-state index is 12.0. The minimum Gasteiger partial charge on any atom is -0.462 e. The van der Waals surface area contributed by atoms with Gasteiger partial charge in [0.15, 0.2) is 5.96 Å². The van der Waals surface area contributed by atoms with Crippen LogP contribution in [0.15, 0.2) is 4.99 Å². The Morgan fingerprint density at radius 2 is 1.87 bits per heavy atom. The van der Waals surface area contributed by atoms with Crippen LogP contribution in [0.2, 0.25) is 0 Å². The van der Waals surface area contributed by atoms with Crippen LogP contribution < -0.4 is 10.6 Å². The first-order chi connectivity index (χ1) is 13.9. The smallest absolute Gasteiger partial charge is 0.350 e. The fraction of sp³-hybridized carbons (Fsp3) is 0.762. The number of nitrogens with zero attached hydrogens (tertiary/aromatic N) is 3. The summed E-state index contributed by atoms with van der Waals surface area (Å²) in [5.74, 6) is 0.491. The Kier molecular flexibility index (Phi) is 16.2. The maximum Gasteiger partial charge on any atom is 0.350 e. The second-order valence-electron chi connectivity index (χ2n) is 7.38. The second kappa shape index (κ2) is 16.7. The average molecular weight is 554 g/mol. The van der Waals surface area contributed by atoms with Crippen LogP contribution >= 0.6 is 35.3 Å². The number of halogens is 1. The highest BCUT2D eigenvalue weighted by Gasteiger charge is 2.20. The number of hydrogen-bond donors (Lipinski definition) is 2. The minimum absolute atomic E-state index is 0.